The van der Waals surface area contributed by atoms with Gasteiger partial charge in [-0.3, -0.25) is 9.59 Å². The Morgan fingerprint density at radius 1 is 1.31 bits per heavy atom. The summed E-state index contributed by atoms with van der Waals surface area (Å²) in [5, 5.41) is 1.24. The summed E-state index contributed by atoms with van der Waals surface area (Å²) in [6, 6.07) is 8.27. The number of hydrogen-bond donors (Lipinski definition) is 1. The molecule has 0 aliphatic carbocycles. The minimum absolute atomic E-state index is 0.224. The van der Waals surface area contributed by atoms with Crippen LogP contribution < -0.4 is 0 Å². The number of H-pyrrole nitrogens is 1. The summed E-state index contributed by atoms with van der Waals surface area (Å²) in [5.41, 5.74) is 2.41. The molecule has 1 aromatic carbocycles. The first-order valence-electron chi connectivity index (χ1n) is 9.54. The third-order valence-electron chi connectivity index (χ3n) is 5.56. The second-order valence-corrected chi connectivity index (χ2v) is 7.21. The molecule has 1 aromatic heterocycles. The van der Waals surface area contributed by atoms with Crippen LogP contribution in [-0.2, 0) is 20.7 Å². The normalized spacial score (nSPS) is 20.5. The fourth-order valence-electron chi connectivity index (χ4n) is 4.02. The molecule has 140 valence electrons. The predicted molar refractivity (Wildman–Crippen MR) is 102 cm³/mol. The van der Waals surface area contributed by atoms with Crippen molar-refractivity contribution in [2.75, 3.05) is 19.7 Å². The highest BCUT2D eigenvalue weighted by Crippen LogP contribution is 2.30. The molecule has 2 aromatic rings. The quantitative estimate of drug-likeness (QED) is 0.772. The number of aromatic amines is 1. The van der Waals surface area contributed by atoms with E-state index in [4.69, 9.17) is 4.74 Å². The number of piperidine rings is 1. The van der Waals surface area contributed by atoms with Crippen molar-refractivity contribution < 1.29 is 14.3 Å². The number of ether oxygens (including phenoxy) is 1. The molecule has 1 aliphatic heterocycles. The van der Waals surface area contributed by atoms with Crippen molar-refractivity contribution >= 4 is 22.8 Å². The molecule has 5 nitrogen and oxygen atoms in total. The van der Waals surface area contributed by atoms with Gasteiger partial charge in [-0.15, -0.1) is 0 Å². The highest BCUT2D eigenvalue weighted by atomic mass is 16.5. The smallest absolute Gasteiger partial charge is 0.302 e. The summed E-state index contributed by atoms with van der Waals surface area (Å²) in [5.74, 6) is 0.769. The van der Waals surface area contributed by atoms with E-state index < -0.39 is 0 Å². The van der Waals surface area contributed by atoms with Crippen LogP contribution in [0.2, 0.25) is 0 Å². The van der Waals surface area contributed by atoms with Gasteiger partial charge in [0.25, 0.3) is 0 Å². The molecule has 1 amide bonds. The average Bonchev–Trinajstić information content (AvgIpc) is 3.04. The van der Waals surface area contributed by atoms with E-state index in [1.54, 1.807) is 0 Å². The van der Waals surface area contributed by atoms with Gasteiger partial charge in [0.15, 0.2) is 0 Å². The number of hydrogen-bond acceptors (Lipinski definition) is 3. The average molecular weight is 356 g/mol. The standard InChI is InChI=1S/C21H28N2O3/c1-3-16-14-23(21(25)12-17(16)9-11-26-15(2)24)10-8-18-13-22-20-7-5-4-6-19(18)20/h4-7,13,16-17,22H,3,8-12,14H2,1-2H3/t16-,17-/m0/s1. The van der Waals surface area contributed by atoms with Crippen LogP contribution in [0.3, 0.4) is 0 Å². The highest BCUT2D eigenvalue weighted by molar-refractivity contribution is 5.83. The fraction of sp³-hybridized carbons (Fsp3) is 0.524. The van der Waals surface area contributed by atoms with Gasteiger partial charge in [0.2, 0.25) is 5.91 Å². The third kappa shape index (κ3) is 4.26. The van der Waals surface area contributed by atoms with Crippen LogP contribution in [0.15, 0.2) is 30.5 Å². The molecular weight excluding hydrogens is 328 g/mol. The van der Waals surface area contributed by atoms with Gasteiger partial charge >= 0.3 is 5.97 Å². The summed E-state index contributed by atoms with van der Waals surface area (Å²) >= 11 is 0. The molecule has 0 spiro atoms. The van der Waals surface area contributed by atoms with Gasteiger partial charge in [0.05, 0.1) is 6.61 Å². The van der Waals surface area contributed by atoms with Gasteiger partial charge in [-0.05, 0) is 36.3 Å². The van der Waals surface area contributed by atoms with Crippen molar-refractivity contribution in [3.63, 3.8) is 0 Å². The Balaban J connectivity index is 1.57. The lowest BCUT2D eigenvalue weighted by atomic mass is 9.81. The number of benzene rings is 1. The number of rotatable bonds is 7. The molecule has 3 rings (SSSR count). The van der Waals surface area contributed by atoms with Crippen molar-refractivity contribution in [1.29, 1.82) is 0 Å². The van der Waals surface area contributed by atoms with E-state index in [-0.39, 0.29) is 11.9 Å². The van der Waals surface area contributed by atoms with Gasteiger partial charge < -0.3 is 14.6 Å². The molecule has 1 aliphatic rings. The number of carbonyl (C=O) groups excluding carboxylic acids is 2. The number of para-hydroxylation sites is 1. The SMILES string of the molecule is CC[C@H]1CN(CCc2c[nH]c3ccccc23)C(=O)C[C@@H]1CCOC(C)=O. The Hall–Kier alpha value is -2.30. The Labute approximate surface area is 154 Å². The topological polar surface area (TPSA) is 62.4 Å². The summed E-state index contributed by atoms with van der Waals surface area (Å²) < 4.78 is 5.07. The van der Waals surface area contributed by atoms with E-state index in [0.717, 1.165) is 37.9 Å². The largest absolute Gasteiger partial charge is 0.466 e. The Kier molecular flexibility index (Phi) is 5.96. The van der Waals surface area contributed by atoms with Gasteiger partial charge in [-0.2, -0.15) is 0 Å². The number of esters is 1. The highest BCUT2D eigenvalue weighted by Gasteiger charge is 2.32. The number of amides is 1. The van der Waals surface area contributed by atoms with Crippen molar-refractivity contribution in [2.45, 2.75) is 39.5 Å². The maximum atomic E-state index is 12.6. The molecule has 1 fully saturated rings. The first-order chi connectivity index (χ1) is 12.6. The van der Waals surface area contributed by atoms with E-state index in [1.807, 2.05) is 17.0 Å². The van der Waals surface area contributed by atoms with Crippen LogP contribution in [0, 0.1) is 11.8 Å². The third-order valence-corrected chi connectivity index (χ3v) is 5.56. The lowest BCUT2D eigenvalue weighted by Crippen LogP contribution is -2.45. The zero-order chi connectivity index (χ0) is 18.5. The molecule has 0 bridgehead atoms. The molecule has 0 unspecified atom stereocenters. The van der Waals surface area contributed by atoms with E-state index in [9.17, 15) is 9.59 Å². The Morgan fingerprint density at radius 2 is 2.12 bits per heavy atom. The maximum Gasteiger partial charge on any atom is 0.302 e. The molecular formula is C21H28N2O3. The molecule has 0 radical (unpaired) electrons. The Bertz CT molecular complexity index is 767. The first-order valence-corrected chi connectivity index (χ1v) is 9.54. The second kappa shape index (κ2) is 8.39. The predicted octanol–water partition coefficient (Wildman–Crippen LogP) is 3.54. The fourth-order valence-corrected chi connectivity index (χ4v) is 4.02. The molecule has 1 N–H and O–H groups in total. The summed E-state index contributed by atoms with van der Waals surface area (Å²) in [4.78, 5) is 28.9. The molecule has 26 heavy (non-hydrogen) atoms. The summed E-state index contributed by atoms with van der Waals surface area (Å²) in [6.45, 7) is 5.59. The van der Waals surface area contributed by atoms with E-state index in [2.05, 4.69) is 30.2 Å². The van der Waals surface area contributed by atoms with Gasteiger partial charge in [0.1, 0.15) is 0 Å². The Morgan fingerprint density at radius 3 is 2.88 bits per heavy atom. The molecule has 5 heteroatoms. The number of aromatic nitrogens is 1. The number of fused-ring (bicyclic) bond motifs is 1. The van der Waals surface area contributed by atoms with Crippen LogP contribution >= 0.6 is 0 Å². The van der Waals surface area contributed by atoms with Crippen molar-refractivity contribution in [2.24, 2.45) is 11.8 Å². The monoisotopic (exact) mass is 356 g/mol. The molecule has 1 saturated heterocycles. The first kappa shape index (κ1) is 18.5. The number of likely N-dealkylation sites (tertiary alicyclic amines) is 1. The zero-order valence-corrected chi connectivity index (χ0v) is 15.7. The molecule has 2 heterocycles. The maximum absolute atomic E-state index is 12.6. The number of nitrogens with zero attached hydrogens (tertiary/aromatic N) is 1. The lowest BCUT2D eigenvalue weighted by molar-refractivity contribution is -0.142. The minimum atomic E-state index is -0.249. The molecule has 0 saturated carbocycles. The second-order valence-electron chi connectivity index (χ2n) is 7.21. The van der Waals surface area contributed by atoms with Crippen LogP contribution in [0.25, 0.3) is 10.9 Å². The lowest BCUT2D eigenvalue weighted by Gasteiger charge is -2.38. The van der Waals surface area contributed by atoms with Crippen LogP contribution in [0.5, 0.6) is 0 Å². The van der Waals surface area contributed by atoms with Crippen molar-refractivity contribution in [3.8, 4) is 0 Å². The van der Waals surface area contributed by atoms with Crippen LogP contribution in [0.1, 0.15) is 38.7 Å². The van der Waals surface area contributed by atoms with E-state index in [1.165, 1.54) is 17.9 Å². The van der Waals surface area contributed by atoms with Crippen molar-refractivity contribution in [3.05, 3.63) is 36.0 Å². The summed E-state index contributed by atoms with van der Waals surface area (Å²) in [7, 11) is 0. The van der Waals surface area contributed by atoms with Gasteiger partial charge in [-0.1, -0.05) is 31.5 Å². The molecule has 2 atom stereocenters. The minimum Gasteiger partial charge on any atom is -0.466 e. The van der Waals surface area contributed by atoms with Crippen LogP contribution in [0.4, 0.5) is 0 Å². The zero-order valence-electron chi connectivity index (χ0n) is 15.7. The van der Waals surface area contributed by atoms with Crippen LogP contribution in [-0.4, -0.2) is 41.5 Å². The number of carbonyl (C=O) groups is 2. The van der Waals surface area contributed by atoms with Gasteiger partial charge in [-0.25, -0.2) is 0 Å². The number of nitrogens with one attached hydrogen (secondary N) is 1. The van der Waals surface area contributed by atoms with Gasteiger partial charge in [0, 0.05) is 43.5 Å². The van der Waals surface area contributed by atoms with E-state index >= 15 is 0 Å². The summed E-state index contributed by atoms with van der Waals surface area (Å²) in [6.07, 6.45) is 5.30. The van der Waals surface area contributed by atoms with E-state index in [0.29, 0.717) is 24.9 Å². The van der Waals surface area contributed by atoms with Crippen molar-refractivity contribution in [1.82, 2.24) is 9.88 Å².